The van der Waals surface area contributed by atoms with Crippen LogP contribution in [0.1, 0.15) is 13.8 Å². The van der Waals surface area contributed by atoms with Crippen LogP contribution in [0.5, 0.6) is 0 Å². The van der Waals surface area contributed by atoms with Crippen molar-refractivity contribution < 1.29 is 26.3 Å². The summed E-state index contributed by atoms with van der Waals surface area (Å²) in [5, 5.41) is 0. The summed E-state index contributed by atoms with van der Waals surface area (Å²) in [7, 11) is 0. The van der Waals surface area contributed by atoms with Gasteiger partial charge in [0.1, 0.15) is 0 Å². The van der Waals surface area contributed by atoms with Gasteiger partial charge < -0.3 is 0 Å². The van der Waals surface area contributed by atoms with Gasteiger partial charge >= 0.3 is 53.0 Å². The molecule has 0 bridgehead atoms. The Morgan fingerprint density at radius 2 is 2.12 bits per heavy atom. The SMILES string of the molecule is CC(C)O[P](=O)(F)[Am]. The van der Waals surface area contributed by atoms with E-state index in [0.29, 0.717) is 0 Å². The molecule has 0 aliphatic heterocycles. The molecule has 0 aromatic rings. The Hall–Kier alpha value is 0.510. The maximum atomic E-state index is 12.0. The second kappa shape index (κ2) is 2.88. The third-order valence-corrected chi connectivity index (χ3v) is 2.00. The molecule has 0 saturated heterocycles. The second-order valence-corrected chi connectivity index (χ2v) is 7.65. The first-order chi connectivity index (χ1) is 3.42. The van der Waals surface area contributed by atoms with E-state index in [4.69, 9.17) is 0 Å². The molecule has 0 radical (unpaired) electrons. The van der Waals surface area contributed by atoms with E-state index < -0.39 is 6.77 Å². The standard InChI is InChI=1S/C3H7FO2P.Am/c1-3(2)6-7(4)5;/h3H,1-2H3;/q+1;-1. The van der Waals surface area contributed by atoms with Crippen LogP contribution in [0.2, 0.25) is 0 Å². The predicted molar refractivity (Wildman–Crippen MR) is 24.9 cm³/mol. The summed E-state index contributed by atoms with van der Waals surface area (Å²) >= 11 is 0.212. The van der Waals surface area contributed by atoms with Gasteiger partial charge in [0, 0.05) is 0 Å². The number of hydrogen-bond donors (Lipinski definition) is 0. The third-order valence-electron chi connectivity index (χ3n) is 0.334. The van der Waals surface area contributed by atoms with Gasteiger partial charge in [0.05, 0.1) is 0 Å². The minimum atomic E-state index is -3.61. The first kappa shape index (κ1) is 8.51. The van der Waals surface area contributed by atoms with E-state index in [9.17, 15) is 8.76 Å². The molecule has 8 heavy (non-hydrogen) atoms. The molecule has 1 unspecified atom stereocenters. The molecule has 0 amide bonds. The summed E-state index contributed by atoms with van der Waals surface area (Å²) in [6.07, 6.45) is -0.269. The Morgan fingerprint density at radius 3 is 2.12 bits per heavy atom. The van der Waals surface area contributed by atoms with Crippen molar-refractivity contribution in [2.45, 2.75) is 20.0 Å². The van der Waals surface area contributed by atoms with Crippen molar-refractivity contribution in [3.05, 3.63) is 0 Å². The predicted octanol–water partition coefficient (Wildman–Crippen LogP) is 2.04. The Labute approximate surface area is 53.7 Å². The third kappa shape index (κ3) is 6.51. The van der Waals surface area contributed by atoms with Crippen molar-refractivity contribution in [3.63, 3.8) is 0 Å². The first-order valence-electron chi connectivity index (χ1n) is 2.09. The van der Waals surface area contributed by atoms with Crippen LogP contribution in [0.4, 0.5) is 4.20 Å². The Morgan fingerprint density at radius 1 is 1.75 bits per heavy atom. The zero-order chi connectivity index (χ0) is 6.78. The molecule has 5 heteroatoms. The fourth-order valence-corrected chi connectivity index (χ4v) is 2.73. The Bertz CT molecular complexity index is 110. The minimum absolute atomic E-state index is 0.212. The van der Waals surface area contributed by atoms with E-state index in [2.05, 4.69) is 4.52 Å². The van der Waals surface area contributed by atoms with Gasteiger partial charge in [-0.1, -0.05) is 0 Å². The molecule has 1 atom stereocenters. The van der Waals surface area contributed by atoms with Gasteiger partial charge in [0.2, 0.25) is 0 Å². The molecule has 0 spiro atoms. The van der Waals surface area contributed by atoms with Crippen LogP contribution >= 0.6 is 6.77 Å². The quantitative estimate of drug-likeness (QED) is 0.698. The van der Waals surface area contributed by atoms with E-state index in [1.165, 1.54) is 0 Å². The Kier molecular flexibility index (Phi) is 3.06. The van der Waals surface area contributed by atoms with Gasteiger partial charge in [-0.15, -0.1) is 0 Å². The van der Waals surface area contributed by atoms with Crippen molar-refractivity contribution in [2.24, 2.45) is 0 Å². The van der Waals surface area contributed by atoms with Crippen molar-refractivity contribution >= 4 is 6.77 Å². The second-order valence-electron chi connectivity index (χ2n) is 1.57. The van der Waals surface area contributed by atoms with Gasteiger partial charge in [0.25, 0.3) is 0 Å². The molecule has 0 heterocycles. The summed E-state index contributed by atoms with van der Waals surface area (Å²) in [5.41, 5.74) is 0. The topological polar surface area (TPSA) is 26.3 Å². The first-order valence-corrected chi connectivity index (χ1v) is 7.72. The van der Waals surface area contributed by atoms with Gasteiger partial charge in [0.15, 0.2) is 0 Å². The molecular weight excluding hydrogens is 361 g/mol. The van der Waals surface area contributed by atoms with Crippen molar-refractivity contribution in [3.8, 4) is 0 Å². The summed E-state index contributed by atoms with van der Waals surface area (Å²) in [6.45, 7) is -0.311. The van der Waals surface area contributed by atoms with Crippen molar-refractivity contribution in [2.75, 3.05) is 0 Å². The summed E-state index contributed by atoms with van der Waals surface area (Å²) in [5.74, 6) is 0. The van der Waals surface area contributed by atoms with Crippen LogP contribution in [0.3, 0.4) is 0 Å². The molecule has 0 aromatic carbocycles. The van der Waals surface area contributed by atoms with Crippen molar-refractivity contribution in [1.82, 2.24) is 0 Å². The molecule has 0 aliphatic rings. The maximum absolute atomic E-state index is 12.0. The average Bonchev–Trinajstić information content (AvgIpc) is 1.21. The molecule has 0 rings (SSSR count). The van der Waals surface area contributed by atoms with E-state index in [1.54, 1.807) is 13.8 Å². The van der Waals surface area contributed by atoms with Gasteiger partial charge in [-0.3, -0.25) is 0 Å². The van der Waals surface area contributed by atoms with E-state index in [1.807, 2.05) is 0 Å². The fourth-order valence-electron chi connectivity index (χ4n) is 0.245. The summed E-state index contributed by atoms with van der Waals surface area (Å²) < 4.78 is 26.6. The van der Waals surface area contributed by atoms with E-state index in [0.717, 1.165) is 0 Å². The molecular formula is C3H7AmFO2P. The molecule has 0 aliphatic carbocycles. The van der Waals surface area contributed by atoms with Crippen LogP contribution < -0.4 is 0 Å². The zero-order valence-electron chi connectivity index (χ0n) is 4.60. The molecule has 0 aromatic heterocycles. The zero-order valence-corrected chi connectivity index (χ0v) is 8.64. The van der Waals surface area contributed by atoms with Crippen LogP contribution in [0.15, 0.2) is 0 Å². The number of rotatable bonds is 2. The van der Waals surface area contributed by atoms with Gasteiger partial charge in [-0.2, -0.15) is 0 Å². The van der Waals surface area contributed by atoms with Gasteiger partial charge in [-0.05, 0) is 0 Å². The van der Waals surface area contributed by atoms with E-state index >= 15 is 0 Å². The van der Waals surface area contributed by atoms with Crippen LogP contribution in [0, 0.1) is 13.0 Å². The molecule has 0 saturated carbocycles. The fraction of sp³-hybridized carbons (Fsp3) is 1.00. The summed E-state index contributed by atoms with van der Waals surface area (Å²) in [4.78, 5) is 0. The van der Waals surface area contributed by atoms with Gasteiger partial charge in [-0.25, -0.2) is 0 Å². The van der Waals surface area contributed by atoms with E-state index in [-0.39, 0.29) is 19.1 Å². The molecule has 0 fully saturated rings. The Balaban J connectivity index is 3.56. The monoisotopic (exact) mass is 366 g/mol. The van der Waals surface area contributed by atoms with Crippen LogP contribution in [-0.4, -0.2) is 6.10 Å². The summed E-state index contributed by atoms with van der Waals surface area (Å²) in [6, 6.07) is 0. The normalized spacial score (nSPS) is 18.8. The average molecular weight is 368 g/mol. The van der Waals surface area contributed by atoms with Crippen molar-refractivity contribution in [1.29, 1.82) is 0 Å². The number of hydrogen-bond acceptors (Lipinski definition) is 2. The van der Waals surface area contributed by atoms with Crippen LogP contribution in [0.25, 0.3) is 0 Å². The number of halogens is 1. The molecule has 2 nitrogen and oxygen atoms in total. The van der Waals surface area contributed by atoms with Crippen LogP contribution in [-0.2, 0) is 9.09 Å². The molecule has 50 valence electrons. The molecule has 0 N–H and O–H groups in total.